The van der Waals surface area contributed by atoms with E-state index in [0.29, 0.717) is 0 Å². The molecular formula is C29H63NO. The number of nitrogens with two attached hydrogens (primary N) is 1. The largest absolute Gasteiger partial charge is 0.381 e. The summed E-state index contributed by atoms with van der Waals surface area (Å²) in [6.45, 7) is 9.45. The topological polar surface area (TPSA) is 35.2 Å². The van der Waals surface area contributed by atoms with E-state index in [2.05, 4.69) is 20.8 Å². The van der Waals surface area contributed by atoms with Crippen molar-refractivity contribution in [2.45, 2.75) is 168 Å². The Kier molecular flexibility index (Phi) is 36.9. The molecule has 0 aliphatic rings. The summed E-state index contributed by atoms with van der Waals surface area (Å²) in [5.74, 6) is 0. The molecule has 0 fully saturated rings. The van der Waals surface area contributed by atoms with Gasteiger partial charge in [-0.1, -0.05) is 149 Å². The van der Waals surface area contributed by atoms with Gasteiger partial charge in [0.2, 0.25) is 0 Å². The van der Waals surface area contributed by atoms with Crippen molar-refractivity contribution in [1.82, 2.24) is 0 Å². The quantitative estimate of drug-likeness (QED) is 0.143. The Balaban J connectivity index is 0. The van der Waals surface area contributed by atoms with Crippen LogP contribution in [0.5, 0.6) is 0 Å². The summed E-state index contributed by atoms with van der Waals surface area (Å²) >= 11 is 0. The van der Waals surface area contributed by atoms with E-state index in [1.165, 1.54) is 141 Å². The Labute approximate surface area is 198 Å². The van der Waals surface area contributed by atoms with Gasteiger partial charge in [-0.05, 0) is 25.8 Å². The van der Waals surface area contributed by atoms with Gasteiger partial charge in [-0.2, -0.15) is 0 Å². The van der Waals surface area contributed by atoms with Crippen molar-refractivity contribution in [2.24, 2.45) is 5.73 Å². The molecule has 0 saturated carbocycles. The molecule has 0 aromatic carbocycles. The molecular weight excluding hydrogens is 378 g/mol. The lowest BCUT2D eigenvalue weighted by Gasteiger charge is -2.05. The predicted molar refractivity (Wildman–Crippen MR) is 143 cm³/mol. The van der Waals surface area contributed by atoms with Gasteiger partial charge in [0, 0.05) is 13.2 Å². The summed E-state index contributed by atoms with van der Waals surface area (Å²) in [5, 5.41) is 0. The highest BCUT2D eigenvalue weighted by molar-refractivity contribution is 4.49. The van der Waals surface area contributed by atoms with Gasteiger partial charge in [-0.25, -0.2) is 0 Å². The van der Waals surface area contributed by atoms with E-state index in [1.807, 2.05) is 0 Å². The van der Waals surface area contributed by atoms with E-state index >= 15 is 0 Å². The molecule has 0 saturated heterocycles. The fraction of sp³-hybridized carbons (Fsp3) is 1.00. The van der Waals surface area contributed by atoms with E-state index in [-0.39, 0.29) is 0 Å². The van der Waals surface area contributed by atoms with Gasteiger partial charge in [-0.3, -0.25) is 0 Å². The van der Waals surface area contributed by atoms with Crippen LogP contribution in [0.2, 0.25) is 0 Å². The average molecular weight is 442 g/mol. The number of ether oxygens (including phenoxy) is 1. The molecule has 0 aromatic rings. The highest BCUT2D eigenvalue weighted by atomic mass is 16.5. The minimum atomic E-state index is 0.819. The second kappa shape index (κ2) is 34.5. The molecule has 2 N–H and O–H groups in total. The lowest BCUT2D eigenvalue weighted by atomic mass is 10.1. The molecule has 190 valence electrons. The van der Waals surface area contributed by atoms with Gasteiger partial charge in [0.05, 0.1) is 0 Å². The van der Waals surface area contributed by atoms with E-state index in [4.69, 9.17) is 10.5 Å². The molecule has 31 heavy (non-hydrogen) atoms. The zero-order chi connectivity index (χ0) is 23.1. The molecule has 0 bridgehead atoms. The smallest absolute Gasteiger partial charge is 0.0466 e. The SMILES string of the molecule is CCCCCCCCCCCCCOCCCCCCCCCCCCC.CCCN. The van der Waals surface area contributed by atoms with Crippen LogP contribution in [0.1, 0.15) is 168 Å². The maximum absolute atomic E-state index is 5.80. The highest BCUT2D eigenvalue weighted by Crippen LogP contribution is 2.12. The monoisotopic (exact) mass is 441 g/mol. The average Bonchev–Trinajstić information content (AvgIpc) is 2.79. The molecule has 0 unspecified atom stereocenters. The summed E-state index contributed by atoms with van der Waals surface area (Å²) in [4.78, 5) is 0. The van der Waals surface area contributed by atoms with Gasteiger partial charge in [0.1, 0.15) is 0 Å². The lowest BCUT2D eigenvalue weighted by molar-refractivity contribution is 0.125. The number of hydrogen-bond donors (Lipinski definition) is 1. The fourth-order valence-corrected chi connectivity index (χ4v) is 3.84. The van der Waals surface area contributed by atoms with Gasteiger partial charge in [0.25, 0.3) is 0 Å². The Morgan fingerprint density at radius 1 is 0.355 bits per heavy atom. The number of hydrogen-bond acceptors (Lipinski definition) is 2. The van der Waals surface area contributed by atoms with Crippen molar-refractivity contribution in [3.05, 3.63) is 0 Å². The zero-order valence-corrected chi connectivity index (χ0v) is 22.4. The second-order valence-corrected chi connectivity index (χ2v) is 9.47. The van der Waals surface area contributed by atoms with Gasteiger partial charge < -0.3 is 10.5 Å². The van der Waals surface area contributed by atoms with Crippen molar-refractivity contribution in [3.8, 4) is 0 Å². The van der Waals surface area contributed by atoms with Crippen LogP contribution in [-0.2, 0) is 4.74 Å². The van der Waals surface area contributed by atoms with Crippen LogP contribution in [0.25, 0.3) is 0 Å². The predicted octanol–water partition coefficient (Wildman–Crippen LogP) is 9.98. The molecule has 2 heteroatoms. The summed E-state index contributed by atoms with van der Waals surface area (Å²) in [7, 11) is 0. The molecule has 0 amide bonds. The third-order valence-corrected chi connectivity index (χ3v) is 6.07. The van der Waals surface area contributed by atoms with Crippen LogP contribution >= 0.6 is 0 Å². The standard InChI is InChI=1S/C26H54O.C3H9N/c1-3-5-7-9-11-13-15-17-19-21-23-25-27-26-24-22-20-18-16-14-12-10-8-6-4-2;1-2-3-4/h3-26H2,1-2H3;2-4H2,1H3. The summed E-state index contributed by atoms with van der Waals surface area (Å²) in [5.41, 5.74) is 5.03. The molecule has 2 nitrogen and oxygen atoms in total. The third-order valence-electron chi connectivity index (χ3n) is 6.07. The molecule has 0 radical (unpaired) electrons. The minimum Gasteiger partial charge on any atom is -0.381 e. The number of unbranched alkanes of at least 4 members (excludes halogenated alkanes) is 20. The first-order valence-electron chi connectivity index (χ1n) is 14.6. The molecule has 0 atom stereocenters. The molecule has 0 aliphatic carbocycles. The van der Waals surface area contributed by atoms with E-state index in [9.17, 15) is 0 Å². The molecule has 0 spiro atoms. The van der Waals surface area contributed by atoms with Crippen molar-refractivity contribution in [3.63, 3.8) is 0 Å². The van der Waals surface area contributed by atoms with Gasteiger partial charge in [-0.15, -0.1) is 0 Å². The molecule has 0 rings (SSSR count). The summed E-state index contributed by atoms with van der Waals surface area (Å²) < 4.78 is 5.80. The van der Waals surface area contributed by atoms with Crippen molar-refractivity contribution in [1.29, 1.82) is 0 Å². The maximum Gasteiger partial charge on any atom is 0.0466 e. The Morgan fingerprint density at radius 3 is 0.806 bits per heavy atom. The minimum absolute atomic E-state index is 0.819. The lowest BCUT2D eigenvalue weighted by Crippen LogP contribution is -1.97. The van der Waals surface area contributed by atoms with Crippen LogP contribution < -0.4 is 5.73 Å². The molecule has 0 heterocycles. The normalized spacial score (nSPS) is 10.8. The van der Waals surface area contributed by atoms with E-state index in [1.54, 1.807) is 0 Å². The third kappa shape index (κ3) is 37.6. The molecule has 0 aliphatic heterocycles. The van der Waals surface area contributed by atoms with Crippen molar-refractivity contribution >= 4 is 0 Å². The first-order valence-corrected chi connectivity index (χ1v) is 14.6. The van der Waals surface area contributed by atoms with Crippen LogP contribution in [-0.4, -0.2) is 19.8 Å². The van der Waals surface area contributed by atoms with Crippen molar-refractivity contribution < 1.29 is 4.74 Å². The van der Waals surface area contributed by atoms with Crippen LogP contribution in [0.3, 0.4) is 0 Å². The zero-order valence-electron chi connectivity index (χ0n) is 22.4. The molecule has 0 aromatic heterocycles. The van der Waals surface area contributed by atoms with Crippen LogP contribution in [0.15, 0.2) is 0 Å². The first kappa shape index (κ1) is 33.1. The summed E-state index contributed by atoms with van der Waals surface area (Å²) in [6.07, 6.45) is 32.2. The Bertz CT molecular complexity index is 243. The van der Waals surface area contributed by atoms with E-state index < -0.39 is 0 Å². The Hall–Kier alpha value is -0.0800. The summed E-state index contributed by atoms with van der Waals surface area (Å²) in [6, 6.07) is 0. The van der Waals surface area contributed by atoms with E-state index in [0.717, 1.165) is 26.2 Å². The maximum atomic E-state index is 5.80. The highest BCUT2D eigenvalue weighted by Gasteiger charge is 1.95. The van der Waals surface area contributed by atoms with Crippen LogP contribution in [0.4, 0.5) is 0 Å². The van der Waals surface area contributed by atoms with Gasteiger partial charge in [0.15, 0.2) is 0 Å². The first-order chi connectivity index (χ1) is 15.3. The Morgan fingerprint density at radius 2 is 0.581 bits per heavy atom. The number of rotatable bonds is 25. The van der Waals surface area contributed by atoms with Crippen molar-refractivity contribution in [2.75, 3.05) is 19.8 Å². The second-order valence-electron chi connectivity index (χ2n) is 9.47. The fourth-order valence-electron chi connectivity index (χ4n) is 3.84. The van der Waals surface area contributed by atoms with Crippen LogP contribution in [0, 0.1) is 0 Å². The van der Waals surface area contributed by atoms with Gasteiger partial charge >= 0.3 is 0 Å².